The van der Waals surface area contributed by atoms with Crippen molar-refractivity contribution in [2.75, 3.05) is 6.61 Å². The van der Waals surface area contributed by atoms with Crippen LogP contribution in [0.4, 0.5) is 4.39 Å². The van der Waals surface area contributed by atoms with Gasteiger partial charge in [0.2, 0.25) is 0 Å². The molecule has 0 N–H and O–H groups in total. The Balaban J connectivity index is 1.43. The molecule has 0 aliphatic carbocycles. The van der Waals surface area contributed by atoms with Crippen molar-refractivity contribution in [2.24, 2.45) is 5.10 Å². The zero-order chi connectivity index (χ0) is 21.8. The lowest BCUT2D eigenvalue weighted by Gasteiger charge is -2.19. The van der Waals surface area contributed by atoms with Crippen LogP contribution in [0.3, 0.4) is 0 Å². The number of nitrogens with zero attached hydrogens (tertiary/aromatic N) is 2. The van der Waals surface area contributed by atoms with E-state index in [0.29, 0.717) is 28.1 Å². The fourth-order valence-corrected chi connectivity index (χ4v) is 3.46. The molecule has 158 valence electrons. The summed E-state index contributed by atoms with van der Waals surface area (Å²) >= 11 is 3.24. The first-order valence-electron chi connectivity index (χ1n) is 9.28. The Kier molecular flexibility index (Phi) is 6.13. The highest BCUT2D eigenvalue weighted by molar-refractivity contribution is 9.10. The molecular weight excluding hydrogens is 471 g/mol. The first kappa shape index (κ1) is 20.8. The number of benzene rings is 1. The van der Waals surface area contributed by atoms with Gasteiger partial charge >= 0.3 is 5.97 Å². The Hall–Kier alpha value is -3.46. The summed E-state index contributed by atoms with van der Waals surface area (Å²) in [6.07, 6.45) is 5.76. The van der Waals surface area contributed by atoms with Crippen molar-refractivity contribution in [1.82, 2.24) is 5.01 Å². The van der Waals surface area contributed by atoms with E-state index in [-0.39, 0.29) is 5.56 Å². The molecule has 1 aliphatic rings. The van der Waals surface area contributed by atoms with Crippen molar-refractivity contribution < 1.29 is 27.6 Å². The summed E-state index contributed by atoms with van der Waals surface area (Å²) in [5.74, 6) is -0.700. The monoisotopic (exact) mass is 486 g/mol. The van der Waals surface area contributed by atoms with Gasteiger partial charge in [0.05, 0.1) is 12.5 Å². The molecule has 1 atom stereocenters. The molecule has 2 aromatic heterocycles. The van der Waals surface area contributed by atoms with Gasteiger partial charge in [-0.3, -0.25) is 4.79 Å². The van der Waals surface area contributed by atoms with Crippen molar-refractivity contribution >= 4 is 39.6 Å². The molecule has 9 heteroatoms. The van der Waals surface area contributed by atoms with E-state index in [9.17, 15) is 14.0 Å². The Morgan fingerprint density at radius 2 is 2.03 bits per heavy atom. The second-order valence-corrected chi connectivity index (χ2v) is 7.52. The molecule has 1 aliphatic heterocycles. The molecule has 0 fully saturated rings. The topological polar surface area (TPSA) is 85.3 Å². The number of carbonyl (C=O) groups is 2. The molecule has 1 aromatic carbocycles. The minimum atomic E-state index is -0.781. The molecule has 4 rings (SSSR count). The predicted octanol–water partition coefficient (Wildman–Crippen LogP) is 4.71. The van der Waals surface area contributed by atoms with Gasteiger partial charge in [-0.25, -0.2) is 14.2 Å². The molecule has 0 radical (unpaired) electrons. The first-order valence-corrected chi connectivity index (χ1v) is 10.1. The number of esters is 1. The van der Waals surface area contributed by atoms with Crippen molar-refractivity contribution in [3.8, 4) is 0 Å². The summed E-state index contributed by atoms with van der Waals surface area (Å²) < 4.78 is 30.3. The fraction of sp³-hybridized carbons (Fsp3) is 0.136. The molecule has 0 spiro atoms. The third-order valence-corrected chi connectivity index (χ3v) is 5.03. The lowest BCUT2D eigenvalue weighted by molar-refractivity contribution is -0.149. The number of halogens is 2. The molecule has 7 nitrogen and oxygen atoms in total. The molecule has 0 saturated carbocycles. The third kappa shape index (κ3) is 4.83. The van der Waals surface area contributed by atoms with Crippen LogP contribution in [0.1, 0.15) is 29.5 Å². The SMILES string of the molecule is O=C(/C=C/c1cc(Br)ccc1F)OCC(=O)N1N=C(c2ccco2)CC1c1ccco1. The van der Waals surface area contributed by atoms with Crippen LogP contribution in [-0.4, -0.2) is 29.2 Å². The zero-order valence-corrected chi connectivity index (χ0v) is 17.6. The maximum atomic E-state index is 13.8. The van der Waals surface area contributed by atoms with E-state index >= 15 is 0 Å². The van der Waals surface area contributed by atoms with E-state index in [4.69, 9.17) is 13.6 Å². The van der Waals surface area contributed by atoms with Gasteiger partial charge in [-0.15, -0.1) is 0 Å². The van der Waals surface area contributed by atoms with Gasteiger partial charge in [-0.2, -0.15) is 5.10 Å². The lowest BCUT2D eigenvalue weighted by atomic mass is 10.1. The van der Waals surface area contributed by atoms with E-state index < -0.39 is 30.3 Å². The van der Waals surface area contributed by atoms with Gasteiger partial charge in [0, 0.05) is 22.5 Å². The zero-order valence-electron chi connectivity index (χ0n) is 16.0. The second-order valence-electron chi connectivity index (χ2n) is 6.60. The number of ether oxygens (including phenoxy) is 1. The molecule has 3 aromatic rings. The van der Waals surface area contributed by atoms with E-state index in [2.05, 4.69) is 21.0 Å². The van der Waals surface area contributed by atoms with E-state index in [1.807, 2.05) is 0 Å². The van der Waals surface area contributed by atoms with Crippen LogP contribution in [0.25, 0.3) is 6.08 Å². The molecule has 3 heterocycles. The normalized spacial score (nSPS) is 16.0. The predicted molar refractivity (Wildman–Crippen MR) is 112 cm³/mol. The van der Waals surface area contributed by atoms with Gasteiger partial charge in [-0.05, 0) is 48.5 Å². The largest absolute Gasteiger partial charge is 0.467 e. The molecule has 1 amide bonds. The van der Waals surface area contributed by atoms with Gasteiger partial charge in [0.1, 0.15) is 29.1 Å². The summed E-state index contributed by atoms with van der Waals surface area (Å²) in [6, 6.07) is 10.8. The number of hydrazone groups is 1. The minimum Gasteiger partial charge on any atom is -0.467 e. The highest BCUT2D eigenvalue weighted by Gasteiger charge is 2.36. The number of carbonyl (C=O) groups excluding carboxylic acids is 2. The van der Waals surface area contributed by atoms with Crippen molar-refractivity contribution in [3.63, 3.8) is 0 Å². The molecule has 0 saturated heterocycles. The number of hydrogen-bond acceptors (Lipinski definition) is 6. The molecule has 0 bridgehead atoms. The Morgan fingerprint density at radius 1 is 1.23 bits per heavy atom. The van der Waals surface area contributed by atoms with Crippen LogP contribution in [0.5, 0.6) is 0 Å². The molecule has 1 unspecified atom stereocenters. The Bertz CT molecular complexity index is 1140. The standard InChI is InChI=1S/C22H16BrFN2O5/c23-15-6-7-16(24)14(11-15)5-8-22(28)31-13-21(27)26-18(20-4-2-10-30-20)12-17(25-26)19-3-1-9-29-19/h1-11,18H,12-13H2/b8-5+. The van der Waals surface area contributed by atoms with Gasteiger partial charge in [0.25, 0.3) is 5.91 Å². The average molecular weight is 487 g/mol. The highest BCUT2D eigenvalue weighted by atomic mass is 79.9. The van der Waals surface area contributed by atoms with Gasteiger partial charge in [0.15, 0.2) is 6.61 Å². The summed E-state index contributed by atoms with van der Waals surface area (Å²) in [4.78, 5) is 24.7. The Labute approximate surface area is 184 Å². The quantitative estimate of drug-likeness (QED) is 0.372. The summed E-state index contributed by atoms with van der Waals surface area (Å²) in [5.41, 5.74) is 0.791. The summed E-state index contributed by atoms with van der Waals surface area (Å²) in [6.45, 7) is -0.531. The van der Waals surface area contributed by atoms with Crippen LogP contribution < -0.4 is 0 Å². The summed E-state index contributed by atoms with van der Waals surface area (Å²) in [5, 5.41) is 5.57. The average Bonchev–Trinajstić information content (AvgIpc) is 3.53. The van der Waals surface area contributed by atoms with Crippen molar-refractivity contribution in [1.29, 1.82) is 0 Å². The lowest BCUT2D eigenvalue weighted by Crippen LogP contribution is -2.31. The highest BCUT2D eigenvalue weighted by Crippen LogP contribution is 2.33. The second kappa shape index (κ2) is 9.13. The van der Waals surface area contributed by atoms with Crippen LogP contribution >= 0.6 is 15.9 Å². The smallest absolute Gasteiger partial charge is 0.331 e. The number of hydrogen-bond donors (Lipinski definition) is 0. The summed E-state index contributed by atoms with van der Waals surface area (Å²) in [7, 11) is 0. The number of amides is 1. The van der Waals surface area contributed by atoms with Gasteiger partial charge in [-0.1, -0.05) is 15.9 Å². The number of furan rings is 2. The van der Waals surface area contributed by atoms with E-state index in [1.165, 1.54) is 35.7 Å². The van der Waals surface area contributed by atoms with Crippen LogP contribution in [-0.2, 0) is 14.3 Å². The van der Waals surface area contributed by atoms with Crippen molar-refractivity contribution in [3.05, 3.63) is 88.4 Å². The van der Waals surface area contributed by atoms with E-state index in [0.717, 1.165) is 6.08 Å². The number of rotatable bonds is 6. The van der Waals surface area contributed by atoms with Crippen LogP contribution in [0.2, 0.25) is 0 Å². The van der Waals surface area contributed by atoms with E-state index in [1.54, 1.807) is 30.3 Å². The Morgan fingerprint density at radius 3 is 2.77 bits per heavy atom. The third-order valence-electron chi connectivity index (χ3n) is 4.54. The van der Waals surface area contributed by atoms with Crippen LogP contribution in [0.15, 0.2) is 79.5 Å². The molecule has 31 heavy (non-hydrogen) atoms. The van der Waals surface area contributed by atoms with Crippen LogP contribution in [0, 0.1) is 5.82 Å². The van der Waals surface area contributed by atoms with Gasteiger partial charge < -0.3 is 13.6 Å². The maximum absolute atomic E-state index is 13.8. The fourth-order valence-electron chi connectivity index (χ4n) is 3.08. The van der Waals surface area contributed by atoms with Crippen molar-refractivity contribution in [2.45, 2.75) is 12.5 Å². The minimum absolute atomic E-state index is 0.211. The molecular formula is C22H16BrFN2O5. The maximum Gasteiger partial charge on any atom is 0.331 e. The first-order chi connectivity index (χ1) is 15.0.